The summed E-state index contributed by atoms with van der Waals surface area (Å²) < 4.78 is 18.2. The number of fused-ring (bicyclic) bond motifs is 1. The van der Waals surface area contributed by atoms with Gasteiger partial charge in [-0.3, -0.25) is 25.2 Å². The molecule has 0 fully saturated rings. The molecule has 0 aliphatic carbocycles. The molecule has 6 nitrogen and oxygen atoms in total. The topological polar surface area (TPSA) is 88.4 Å². The van der Waals surface area contributed by atoms with Crippen LogP contribution in [0, 0.1) is 5.82 Å². The number of hydrazine groups is 1. The lowest BCUT2D eigenvalue weighted by molar-refractivity contribution is -0.121. The summed E-state index contributed by atoms with van der Waals surface area (Å²) in [7, 11) is 0. The van der Waals surface area contributed by atoms with Gasteiger partial charge in [0, 0.05) is 6.07 Å². The van der Waals surface area contributed by atoms with Crippen LogP contribution in [0.5, 0.6) is 0 Å². The molecular weight excluding hydrogens is 327 g/mol. The van der Waals surface area contributed by atoms with Gasteiger partial charge in [0.2, 0.25) is 5.91 Å². The van der Waals surface area contributed by atoms with Crippen molar-refractivity contribution < 1.29 is 18.4 Å². The number of benzene rings is 2. The van der Waals surface area contributed by atoms with Crippen LogP contribution in [-0.2, 0) is 11.2 Å². The number of hydrogen-bond donors (Lipinski definition) is 2. The molecule has 2 amide bonds. The summed E-state index contributed by atoms with van der Waals surface area (Å²) >= 11 is 0. The number of hydrogen-bond acceptors (Lipinski definition) is 4. The second kappa shape index (κ2) is 6.96. The molecule has 1 aromatic heterocycles. The SMILES string of the molecule is O=C(Cc1ccc(F)cc1)NNC(=O)c1cc(=O)c2ccccc2o1. The van der Waals surface area contributed by atoms with Crippen LogP contribution < -0.4 is 16.3 Å². The predicted octanol–water partition coefficient (Wildman–Crippen LogP) is 1.94. The zero-order valence-electron chi connectivity index (χ0n) is 12.9. The first-order chi connectivity index (χ1) is 12.0. The molecule has 0 aliphatic rings. The quantitative estimate of drug-likeness (QED) is 0.713. The second-order valence-corrected chi connectivity index (χ2v) is 5.28. The fraction of sp³-hybridized carbons (Fsp3) is 0.0556. The Morgan fingerprint density at radius 1 is 1.00 bits per heavy atom. The van der Waals surface area contributed by atoms with Gasteiger partial charge < -0.3 is 4.42 Å². The van der Waals surface area contributed by atoms with Crippen LogP contribution in [0.25, 0.3) is 11.0 Å². The standard InChI is InChI=1S/C18H13FN2O4/c19-12-7-5-11(6-8-12)9-17(23)20-21-18(24)16-10-14(22)13-3-1-2-4-15(13)25-16/h1-8,10H,9H2,(H,20,23)(H,21,24). The maximum atomic E-state index is 12.8. The van der Waals surface area contributed by atoms with Gasteiger partial charge in [-0.05, 0) is 29.8 Å². The van der Waals surface area contributed by atoms with E-state index in [1.807, 2.05) is 0 Å². The lowest BCUT2D eigenvalue weighted by atomic mass is 10.1. The highest BCUT2D eigenvalue weighted by molar-refractivity contribution is 5.94. The molecule has 0 unspecified atom stereocenters. The average molecular weight is 340 g/mol. The Morgan fingerprint density at radius 2 is 1.72 bits per heavy atom. The van der Waals surface area contributed by atoms with E-state index >= 15 is 0 Å². The molecule has 0 bridgehead atoms. The van der Waals surface area contributed by atoms with Crippen LogP contribution in [0.4, 0.5) is 4.39 Å². The molecule has 0 radical (unpaired) electrons. The summed E-state index contributed by atoms with van der Waals surface area (Å²) in [5, 5.41) is 0.361. The predicted molar refractivity (Wildman–Crippen MR) is 88.2 cm³/mol. The number of nitrogens with one attached hydrogen (secondary N) is 2. The van der Waals surface area contributed by atoms with Gasteiger partial charge in [-0.15, -0.1) is 0 Å². The smallest absolute Gasteiger partial charge is 0.305 e. The molecule has 0 saturated heterocycles. The van der Waals surface area contributed by atoms with Crippen LogP contribution in [0.1, 0.15) is 16.1 Å². The van der Waals surface area contributed by atoms with Crippen LogP contribution in [0.3, 0.4) is 0 Å². The third-order valence-corrected chi connectivity index (χ3v) is 3.45. The van der Waals surface area contributed by atoms with Crippen molar-refractivity contribution in [2.45, 2.75) is 6.42 Å². The van der Waals surface area contributed by atoms with Crippen molar-refractivity contribution in [3.63, 3.8) is 0 Å². The van der Waals surface area contributed by atoms with Crippen LogP contribution in [0.2, 0.25) is 0 Å². The van der Waals surface area contributed by atoms with Gasteiger partial charge >= 0.3 is 5.91 Å². The summed E-state index contributed by atoms with van der Waals surface area (Å²) in [4.78, 5) is 35.8. The van der Waals surface area contributed by atoms with Crippen LogP contribution >= 0.6 is 0 Å². The summed E-state index contributed by atoms with van der Waals surface area (Å²) in [6.07, 6.45) is -0.0395. The summed E-state index contributed by atoms with van der Waals surface area (Å²) in [5.41, 5.74) is 4.90. The highest BCUT2D eigenvalue weighted by atomic mass is 19.1. The Kier molecular flexibility index (Phi) is 4.56. The monoisotopic (exact) mass is 340 g/mol. The van der Waals surface area contributed by atoms with Gasteiger partial charge in [-0.25, -0.2) is 4.39 Å². The maximum absolute atomic E-state index is 12.8. The Bertz CT molecular complexity index is 996. The van der Waals surface area contributed by atoms with Crippen molar-refractivity contribution >= 4 is 22.8 Å². The molecule has 3 aromatic rings. The fourth-order valence-electron chi connectivity index (χ4n) is 2.24. The normalized spacial score (nSPS) is 10.4. The largest absolute Gasteiger partial charge is 0.451 e. The summed E-state index contributed by atoms with van der Waals surface area (Å²) in [6.45, 7) is 0. The zero-order valence-corrected chi connectivity index (χ0v) is 12.9. The molecular formula is C18H13FN2O4. The van der Waals surface area contributed by atoms with Crippen molar-refractivity contribution in [3.8, 4) is 0 Å². The molecule has 25 heavy (non-hydrogen) atoms. The number of amides is 2. The van der Waals surface area contributed by atoms with Gasteiger partial charge in [0.1, 0.15) is 11.4 Å². The third kappa shape index (κ3) is 3.89. The van der Waals surface area contributed by atoms with E-state index < -0.39 is 17.6 Å². The fourth-order valence-corrected chi connectivity index (χ4v) is 2.24. The van der Waals surface area contributed by atoms with Crippen LogP contribution in [-0.4, -0.2) is 11.8 Å². The molecule has 1 heterocycles. The lowest BCUT2D eigenvalue weighted by Gasteiger charge is -2.07. The highest BCUT2D eigenvalue weighted by Crippen LogP contribution is 2.11. The van der Waals surface area contributed by atoms with Crippen LogP contribution in [0.15, 0.2) is 63.8 Å². The van der Waals surface area contributed by atoms with E-state index in [4.69, 9.17) is 4.42 Å². The van der Waals surface area contributed by atoms with Gasteiger partial charge in [0.25, 0.3) is 0 Å². The minimum Gasteiger partial charge on any atom is -0.451 e. The first-order valence-electron chi connectivity index (χ1n) is 7.39. The van der Waals surface area contributed by atoms with Gasteiger partial charge in [-0.1, -0.05) is 24.3 Å². The van der Waals surface area contributed by atoms with Gasteiger partial charge in [0.05, 0.1) is 11.8 Å². The Morgan fingerprint density at radius 3 is 2.48 bits per heavy atom. The molecule has 2 aromatic carbocycles. The minimum atomic E-state index is -0.754. The number of carbonyl (C=O) groups excluding carboxylic acids is 2. The number of carbonyl (C=O) groups is 2. The van der Waals surface area contributed by atoms with Crippen molar-refractivity contribution in [3.05, 3.63) is 82.0 Å². The average Bonchev–Trinajstić information content (AvgIpc) is 2.61. The van der Waals surface area contributed by atoms with E-state index in [-0.39, 0.29) is 23.2 Å². The lowest BCUT2D eigenvalue weighted by Crippen LogP contribution is -2.42. The molecule has 0 atom stereocenters. The molecule has 3 rings (SSSR count). The first-order valence-corrected chi connectivity index (χ1v) is 7.39. The van der Waals surface area contributed by atoms with E-state index in [1.54, 1.807) is 24.3 Å². The highest BCUT2D eigenvalue weighted by Gasteiger charge is 2.13. The maximum Gasteiger partial charge on any atom is 0.305 e. The van der Waals surface area contributed by atoms with E-state index in [2.05, 4.69) is 10.9 Å². The summed E-state index contributed by atoms with van der Waals surface area (Å²) in [5.74, 6) is -1.87. The molecule has 2 N–H and O–H groups in total. The van der Waals surface area contributed by atoms with Crippen molar-refractivity contribution in [1.82, 2.24) is 10.9 Å². The Balaban J connectivity index is 1.65. The molecule has 126 valence electrons. The zero-order chi connectivity index (χ0) is 17.8. The van der Waals surface area contributed by atoms with E-state index in [0.29, 0.717) is 10.9 Å². The van der Waals surface area contributed by atoms with E-state index in [9.17, 15) is 18.8 Å². The number of para-hydroxylation sites is 1. The second-order valence-electron chi connectivity index (χ2n) is 5.28. The molecule has 7 heteroatoms. The van der Waals surface area contributed by atoms with E-state index in [1.165, 1.54) is 24.3 Å². The number of rotatable bonds is 3. The Hall–Kier alpha value is -3.48. The van der Waals surface area contributed by atoms with Gasteiger partial charge in [0.15, 0.2) is 11.2 Å². The molecule has 0 saturated carbocycles. The summed E-state index contributed by atoms with van der Waals surface area (Å²) in [6, 6.07) is 13.0. The first kappa shape index (κ1) is 16.4. The molecule has 0 aliphatic heterocycles. The third-order valence-electron chi connectivity index (χ3n) is 3.45. The van der Waals surface area contributed by atoms with Gasteiger partial charge in [-0.2, -0.15) is 0 Å². The van der Waals surface area contributed by atoms with E-state index in [0.717, 1.165) is 6.07 Å². The minimum absolute atomic E-state index is 0.0395. The van der Waals surface area contributed by atoms with Crippen molar-refractivity contribution in [1.29, 1.82) is 0 Å². The van der Waals surface area contributed by atoms with Crippen molar-refractivity contribution in [2.75, 3.05) is 0 Å². The number of halogens is 1. The van der Waals surface area contributed by atoms with Crippen molar-refractivity contribution in [2.24, 2.45) is 0 Å². The molecule has 0 spiro atoms. The Labute approximate surface area is 141 Å².